The number of nitrogens with zero attached hydrogens (tertiary/aromatic N) is 1. The summed E-state index contributed by atoms with van der Waals surface area (Å²) < 4.78 is 5.02. The number of carbonyl (C=O) groups is 1. The van der Waals surface area contributed by atoms with Gasteiger partial charge in [-0.15, -0.1) is 0 Å². The van der Waals surface area contributed by atoms with E-state index in [4.69, 9.17) is 9.52 Å². The van der Waals surface area contributed by atoms with Crippen LogP contribution in [0.2, 0.25) is 0 Å². The largest absolute Gasteiger partial charge is 0.475 e. The monoisotopic (exact) mass is 197 g/mol. The van der Waals surface area contributed by atoms with Gasteiger partial charge in [-0.25, -0.2) is 9.78 Å². The van der Waals surface area contributed by atoms with Gasteiger partial charge in [0.05, 0.1) is 6.20 Å². The summed E-state index contributed by atoms with van der Waals surface area (Å²) in [6.45, 7) is 4.30. The van der Waals surface area contributed by atoms with Crippen LogP contribution in [0.25, 0.3) is 0 Å². The van der Waals surface area contributed by atoms with Crippen molar-refractivity contribution in [3.8, 4) is 0 Å². The van der Waals surface area contributed by atoms with E-state index in [0.29, 0.717) is 18.2 Å². The van der Waals surface area contributed by atoms with Gasteiger partial charge in [0.2, 0.25) is 5.76 Å². The molecule has 0 saturated carbocycles. The van der Waals surface area contributed by atoms with Crippen LogP contribution in [0.15, 0.2) is 10.6 Å². The van der Waals surface area contributed by atoms with E-state index in [0.717, 1.165) is 12.8 Å². The van der Waals surface area contributed by atoms with Crippen LogP contribution in [0.3, 0.4) is 0 Å². The van der Waals surface area contributed by atoms with Crippen molar-refractivity contribution >= 4 is 5.97 Å². The van der Waals surface area contributed by atoms with E-state index in [2.05, 4.69) is 18.8 Å². The molecule has 1 heterocycles. The predicted octanol–water partition coefficient (Wildman–Crippen LogP) is 2.35. The molecule has 4 nitrogen and oxygen atoms in total. The van der Waals surface area contributed by atoms with E-state index in [9.17, 15) is 4.79 Å². The first-order chi connectivity index (χ1) is 6.59. The lowest BCUT2D eigenvalue weighted by molar-refractivity contribution is 0.0660. The predicted molar refractivity (Wildman–Crippen MR) is 51.2 cm³/mol. The summed E-state index contributed by atoms with van der Waals surface area (Å²) in [5, 5.41) is 8.58. The number of carboxylic acids is 1. The summed E-state index contributed by atoms with van der Waals surface area (Å²) in [5.74, 6) is 0.0316. The molecule has 0 spiro atoms. The second kappa shape index (κ2) is 4.79. The summed E-state index contributed by atoms with van der Waals surface area (Å²) in [6.07, 6.45) is 4.06. The molecule has 0 aliphatic carbocycles. The molecule has 0 unspecified atom stereocenters. The Labute approximate surface area is 83.0 Å². The molecule has 0 aromatic carbocycles. The minimum atomic E-state index is -1.06. The molecule has 1 N–H and O–H groups in total. The first-order valence-electron chi connectivity index (χ1n) is 4.77. The standard InChI is InChI=1S/C10H15NO3/c1-7(2)4-3-5-9-11-6-8(14-9)10(12)13/h6-7H,3-5H2,1-2H3,(H,12,13). The molecule has 4 heteroatoms. The van der Waals surface area contributed by atoms with E-state index in [-0.39, 0.29) is 5.76 Å². The Morgan fingerprint density at radius 1 is 1.64 bits per heavy atom. The normalized spacial score (nSPS) is 10.8. The number of hydrogen-bond acceptors (Lipinski definition) is 3. The van der Waals surface area contributed by atoms with Crippen molar-refractivity contribution < 1.29 is 14.3 Å². The fourth-order valence-electron chi connectivity index (χ4n) is 1.19. The molecule has 0 radical (unpaired) electrons. The third-order valence-corrected chi connectivity index (χ3v) is 1.94. The van der Waals surface area contributed by atoms with E-state index >= 15 is 0 Å². The Balaban J connectivity index is 2.40. The van der Waals surface area contributed by atoms with Gasteiger partial charge in [-0.3, -0.25) is 0 Å². The van der Waals surface area contributed by atoms with E-state index < -0.39 is 5.97 Å². The maximum atomic E-state index is 10.5. The van der Waals surface area contributed by atoms with Crippen LogP contribution >= 0.6 is 0 Å². The van der Waals surface area contributed by atoms with Crippen molar-refractivity contribution in [2.75, 3.05) is 0 Å². The first-order valence-corrected chi connectivity index (χ1v) is 4.77. The summed E-state index contributed by atoms with van der Waals surface area (Å²) in [4.78, 5) is 14.3. The Morgan fingerprint density at radius 2 is 2.36 bits per heavy atom. The minimum Gasteiger partial charge on any atom is -0.475 e. The topological polar surface area (TPSA) is 63.3 Å². The molecule has 0 atom stereocenters. The van der Waals surface area contributed by atoms with Gasteiger partial charge in [-0.05, 0) is 12.3 Å². The average Bonchev–Trinajstić information content (AvgIpc) is 2.52. The molecule has 0 aliphatic heterocycles. The molecule has 0 bridgehead atoms. The van der Waals surface area contributed by atoms with Crippen LogP contribution in [-0.2, 0) is 6.42 Å². The Hall–Kier alpha value is -1.32. The van der Waals surface area contributed by atoms with Gasteiger partial charge < -0.3 is 9.52 Å². The van der Waals surface area contributed by atoms with Crippen molar-refractivity contribution in [2.24, 2.45) is 5.92 Å². The fraction of sp³-hybridized carbons (Fsp3) is 0.600. The van der Waals surface area contributed by atoms with E-state index in [1.165, 1.54) is 6.20 Å². The lowest BCUT2D eigenvalue weighted by Gasteiger charge is -2.00. The van der Waals surface area contributed by atoms with Gasteiger partial charge in [0.25, 0.3) is 0 Å². The molecular weight excluding hydrogens is 182 g/mol. The van der Waals surface area contributed by atoms with Gasteiger partial charge >= 0.3 is 5.97 Å². The third kappa shape index (κ3) is 3.20. The highest BCUT2D eigenvalue weighted by molar-refractivity contribution is 5.83. The van der Waals surface area contributed by atoms with Crippen molar-refractivity contribution in [1.82, 2.24) is 4.98 Å². The Bertz CT molecular complexity index is 304. The van der Waals surface area contributed by atoms with Gasteiger partial charge in [-0.1, -0.05) is 20.3 Å². The summed E-state index contributed by atoms with van der Waals surface area (Å²) in [7, 11) is 0. The molecule has 14 heavy (non-hydrogen) atoms. The number of rotatable bonds is 5. The van der Waals surface area contributed by atoms with Crippen LogP contribution in [0, 0.1) is 5.92 Å². The van der Waals surface area contributed by atoms with Crippen LogP contribution in [-0.4, -0.2) is 16.1 Å². The van der Waals surface area contributed by atoms with Crippen LogP contribution in [0.1, 0.15) is 43.1 Å². The fourth-order valence-corrected chi connectivity index (χ4v) is 1.19. The quantitative estimate of drug-likeness (QED) is 0.786. The maximum Gasteiger partial charge on any atom is 0.373 e. The van der Waals surface area contributed by atoms with Gasteiger partial charge in [-0.2, -0.15) is 0 Å². The highest BCUT2D eigenvalue weighted by atomic mass is 16.4. The van der Waals surface area contributed by atoms with Crippen molar-refractivity contribution in [3.05, 3.63) is 17.8 Å². The van der Waals surface area contributed by atoms with Crippen molar-refractivity contribution in [1.29, 1.82) is 0 Å². The van der Waals surface area contributed by atoms with E-state index in [1.807, 2.05) is 0 Å². The summed E-state index contributed by atoms with van der Waals surface area (Å²) in [6, 6.07) is 0. The Kier molecular flexibility index (Phi) is 3.68. The molecule has 0 aliphatic rings. The molecule has 0 saturated heterocycles. The second-order valence-electron chi connectivity index (χ2n) is 3.71. The number of carboxylic acid groups (broad SMARTS) is 1. The SMILES string of the molecule is CC(C)CCCc1ncc(C(=O)O)o1. The van der Waals surface area contributed by atoms with Crippen LogP contribution in [0.5, 0.6) is 0 Å². The lowest BCUT2D eigenvalue weighted by Crippen LogP contribution is -1.92. The number of oxazole rings is 1. The number of aromatic carboxylic acids is 1. The molecule has 1 rings (SSSR count). The van der Waals surface area contributed by atoms with Crippen LogP contribution in [0.4, 0.5) is 0 Å². The van der Waals surface area contributed by atoms with Gasteiger partial charge in [0.15, 0.2) is 5.89 Å². The summed E-state index contributed by atoms with van der Waals surface area (Å²) >= 11 is 0. The Morgan fingerprint density at radius 3 is 2.86 bits per heavy atom. The zero-order valence-corrected chi connectivity index (χ0v) is 8.49. The smallest absolute Gasteiger partial charge is 0.373 e. The number of hydrogen-bond donors (Lipinski definition) is 1. The van der Waals surface area contributed by atoms with E-state index in [1.54, 1.807) is 0 Å². The molecule has 0 amide bonds. The maximum absolute atomic E-state index is 10.5. The first kappa shape index (κ1) is 10.8. The highest BCUT2D eigenvalue weighted by Crippen LogP contribution is 2.10. The molecule has 1 aromatic heterocycles. The highest BCUT2D eigenvalue weighted by Gasteiger charge is 2.09. The number of aromatic nitrogens is 1. The summed E-state index contributed by atoms with van der Waals surface area (Å²) in [5.41, 5.74) is 0. The lowest BCUT2D eigenvalue weighted by atomic mass is 10.1. The second-order valence-corrected chi connectivity index (χ2v) is 3.71. The zero-order valence-electron chi connectivity index (χ0n) is 8.49. The molecule has 1 aromatic rings. The average molecular weight is 197 g/mol. The van der Waals surface area contributed by atoms with Crippen molar-refractivity contribution in [2.45, 2.75) is 33.1 Å². The van der Waals surface area contributed by atoms with Gasteiger partial charge in [0, 0.05) is 6.42 Å². The van der Waals surface area contributed by atoms with Gasteiger partial charge in [0.1, 0.15) is 0 Å². The van der Waals surface area contributed by atoms with Crippen molar-refractivity contribution in [3.63, 3.8) is 0 Å². The van der Waals surface area contributed by atoms with Crippen LogP contribution < -0.4 is 0 Å². The number of aryl methyl sites for hydroxylation is 1. The molecular formula is C10H15NO3. The molecule has 78 valence electrons. The molecule has 0 fully saturated rings. The minimum absolute atomic E-state index is 0.0791. The third-order valence-electron chi connectivity index (χ3n) is 1.94. The zero-order chi connectivity index (χ0) is 10.6.